The van der Waals surface area contributed by atoms with E-state index in [1.54, 1.807) is 4.90 Å². The molecule has 6 rings (SSSR count). The summed E-state index contributed by atoms with van der Waals surface area (Å²) in [6.07, 6.45) is 7.59. The minimum absolute atomic E-state index is 0.0459. The van der Waals surface area contributed by atoms with E-state index < -0.39 is 0 Å². The van der Waals surface area contributed by atoms with Crippen molar-refractivity contribution in [3.63, 3.8) is 0 Å². The van der Waals surface area contributed by atoms with E-state index in [2.05, 4.69) is 12.1 Å². The van der Waals surface area contributed by atoms with E-state index in [1.165, 1.54) is 24.8 Å². The number of rotatable bonds is 2. The summed E-state index contributed by atoms with van der Waals surface area (Å²) >= 11 is 0. The van der Waals surface area contributed by atoms with Gasteiger partial charge in [0.05, 0.1) is 5.41 Å². The van der Waals surface area contributed by atoms with Crippen molar-refractivity contribution in [2.75, 3.05) is 6.54 Å². The predicted octanol–water partition coefficient (Wildman–Crippen LogP) is 3.75. The Hall–Kier alpha value is -1.64. The highest BCUT2D eigenvalue weighted by Crippen LogP contribution is 2.60. The second-order valence-corrected chi connectivity index (χ2v) is 8.82. The van der Waals surface area contributed by atoms with Crippen LogP contribution in [-0.2, 0) is 9.59 Å². The van der Waals surface area contributed by atoms with Gasteiger partial charge >= 0.3 is 0 Å². The highest BCUT2D eigenvalue weighted by atomic mass is 16.2. The Morgan fingerprint density at radius 3 is 2.12 bits per heavy atom. The van der Waals surface area contributed by atoms with Crippen LogP contribution in [0.5, 0.6) is 0 Å². The topological polar surface area (TPSA) is 37.4 Å². The van der Waals surface area contributed by atoms with Crippen molar-refractivity contribution in [2.45, 2.75) is 50.9 Å². The van der Waals surface area contributed by atoms with Crippen LogP contribution in [0.25, 0.3) is 0 Å². The Bertz CT molecular complexity index is 645. The van der Waals surface area contributed by atoms with Gasteiger partial charge in [-0.1, -0.05) is 30.3 Å². The molecule has 4 bridgehead atoms. The molecule has 1 saturated heterocycles. The smallest absolute Gasteiger partial charge is 0.235 e. The molecular formula is C21H25NO2. The highest BCUT2D eigenvalue weighted by molar-refractivity contribution is 6.00. The van der Waals surface area contributed by atoms with Crippen LogP contribution in [0.2, 0.25) is 0 Å². The van der Waals surface area contributed by atoms with Gasteiger partial charge in [0.25, 0.3) is 0 Å². The molecule has 24 heavy (non-hydrogen) atoms. The van der Waals surface area contributed by atoms with E-state index in [-0.39, 0.29) is 23.1 Å². The fraction of sp³-hybridized carbons (Fsp3) is 0.619. The zero-order valence-electron chi connectivity index (χ0n) is 14.1. The van der Waals surface area contributed by atoms with Crippen LogP contribution < -0.4 is 0 Å². The summed E-state index contributed by atoms with van der Waals surface area (Å²) in [5.41, 5.74) is 0.988. The van der Waals surface area contributed by atoms with Gasteiger partial charge in [0, 0.05) is 18.9 Å². The first-order valence-electron chi connectivity index (χ1n) is 9.53. The van der Waals surface area contributed by atoms with Crippen molar-refractivity contribution < 1.29 is 9.59 Å². The van der Waals surface area contributed by atoms with Gasteiger partial charge in [-0.25, -0.2) is 0 Å². The Morgan fingerprint density at radius 1 is 0.958 bits per heavy atom. The molecule has 1 aromatic rings. The van der Waals surface area contributed by atoms with E-state index in [1.807, 2.05) is 18.2 Å². The van der Waals surface area contributed by atoms with E-state index >= 15 is 0 Å². The normalized spacial score (nSPS) is 40.3. The van der Waals surface area contributed by atoms with Crippen LogP contribution in [0, 0.1) is 23.2 Å². The highest BCUT2D eigenvalue weighted by Gasteiger charge is 2.56. The summed E-state index contributed by atoms with van der Waals surface area (Å²) in [5.74, 6) is 2.61. The summed E-state index contributed by atoms with van der Waals surface area (Å²) in [5, 5.41) is 0. The van der Waals surface area contributed by atoms with Gasteiger partial charge in [0.15, 0.2) is 0 Å². The molecule has 0 aromatic heterocycles. The van der Waals surface area contributed by atoms with Gasteiger partial charge in [-0.2, -0.15) is 0 Å². The van der Waals surface area contributed by atoms with E-state index in [4.69, 9.17) is 0 Å². The lowest BCUT2D eigenvalue weighted by Crippen LogP contribution is -2.54. The summed E-state index contributed by atoms with van der Waals surface area (Å²) in [6, 6.07) is 10.2. The standard InChI is InChI=1S/C21H25NO2/c23-19-9-18(17-4-2-1-3-5-17)13-22(19)20(24)21-10-14-6-15(11-21)8-16(7-14)12-21/h1-5,14-16,18H,6-13H2/t14?,15?,16?,18-,21?/m1/s1. The van der Waals surface area contributed by atoms with Gasteiger partial charge in [-0.3, -0.25) is 14.5 Å². The van der Waals surface area contributed by atoms with Crippen LogP contribution >= 0.6 is 0 Å². The maximum absolute atomic E-state index is 13.4. The van der Waals surface area contributed by atoms with E-state index in [0.717, 1.165) is 37.0 Å². The maximum atomic E-state index is 13.4. The van der Waals surface area contributed by atoms with Crippen LogP contribution in [0.15, 0.2) is 30.3 Å². The van der Waals surface area contributed by atoms with Crippen LogP contribution in [0.3, 0.4) is 0 Å². The average molecular weight is 323 g/mol. The average Bonchev–Trinajstić information content (AvgIpc) is 2.95. The van der Waals surface area contributed by atoms with Gasteiger partial charge in [0.2, 0.25) is 11.8 Å². The number of carbonyl (C=O) groups excluding carboxylic acids is 2. The minimum Gasteiger partial charge on any atom is -0.282 e. The zero-order chi connectivity index (χ0) is 16.3. The monoisotopic (exact) mass is 323 g/mol. The first kappa shape index (κ1) is 14.7. The summed E-state index contributed by atoms with van der Waals surface area (Å²) < 4.78 is 0. The van der Waals surface area contributed by atoms with Crippen LogP contribution in [0.4, 0.5) is 0 Å². The fourth-order valence-electron chi connectivity index (χ4n) is 6.51. The molecule has 2 amide bonds. The molecule has 1 aromatic carbocycles. The van der Waals surface area contributed by atoms with Crippen molar-refractivity contribution in [1.82, 2.24) is 4.90 Å². The van der Waals surface area contributed by atoms with Crippen LogP contribution in [-0.4, -0.2) is 23.3 Å². The SMILES string of the molecule is O=C1C[C@@H](c2ccccc2)CN1C(=O)C12CC3CC(CC(C3)C1)C2. The number of hydrogen-bond acceptors (Lipinski definition) is 2. The maximum Gasteiger partial charge on any atom is 0.235 e. The number of likely N-dealkylation sites (tertiary alicyclic amines) is 1. The third-order valence-electron chi connectivity index (χ3n) is 7.13. The second-order valence-electron chi connectivity index (χ2n) is 8.82. The van der Waals surface area contributed by atoms with Gasteiger partial charge in [-0.05, 0) is 61.8 Å². The summed E-state index contributed by atoms with van der Waals surface area (Å²) in [6.45, 7) is 0.587. The van der Waals surface area contributed by atoms with Crippen molar-refractivity contribution in [1.29, 1.82) is 0 Å². The molecule has 0 unspecified atom stereocenters. The number of amides is 2. The lowest BCUT2D eigenvalue weighted by Gasteiger charge is -2.56. The van der Waals surface area contributed by atoms with E-state index in [0.29, 0.717) is 13.0 Å². The number of benzene rings is 1. The predicted molar refractivity (Wildman–Crippen MR) is 91.1 cm³/mol. The number of carbonyl (C=O) groups is 2. The van der Waals surface area contributed by atoms with Gasteiger partial charge in [-0.15, -0.1) is 0 Å². The molecule has 0 N–H and O–H groups in total. The summed E-state index contributed by atoms with van der Waals surface area (Å²) in [4.78, 5) is 27.6. The first-order chi connectivity index (χ1) is 11.6. The molecule has 0 spiro atoms. The van der Waals surface area contributed by atoms with Gasteiger partial charge < -0.3 is 0 Å². The van der Waals surface area contributed by atoms with E-state index in [9.17, 15) is 9.59 Å². The quantitative estimate of drug-likeness (QED) is 0.777. The molecule has 5 aliphatic rings. The van der Waals surface area contributed by atoms with Crippen LogP contribution in [0.1, 0.15) is 56.4 Å². The molecule has 0 radical (unpaired) electrons. The Morgan fingerprint density at radius 2 is 1.54 bits per heavy atom. The molecule has 1 atom stereocenters. The van der Waals surface area contributed by atoms with Gasteiger partial charge in [0.1, 0.15) is 0 Å². The fourth-order valence-corrected chi connectivity index (χ4v) is 6.51. The molecule has 3 nitrogen and oxygen atoms in total. The molecule has 1 heterocycles. The Labute approximate surface area is 143 Å². The molecular weight excluding hydrogens is 298 g/mol. The Balaban J connectivity index is 1.39. The molecule has 4 aliphatic carbocycles. The third kappa shape index (κ3) is 2.17. The number of hydrogen-bond donors (Lipinski definition) is 0. The lowest BCUT2D eigenvalue weighted by molar-refractivity contribution is -0.161. The molecule has 3 heteroatoms. The number of imide groups is 1. The van der Waals surface area contributed by atoms with Crippen molar-refractivity contribution in [3.05, 3.63) is 35.9 Å². The first-order valence-corrected chi connectivity index (χ1v) is 9.53. The molecule has 1 aliphatic heterocycles. The third-order valence-corrected chi connectivity index (χ3v) is 7.13. The molecule has 5 fully saturated rings. The van der Waals surface area contributed by atoms with Crippen molar-refractivity contribution in [3.8, 4) is 0 Å². The lowest BCUT2D eigenvalue weighted by atomic mass is 9.49. The molecule has 126 valence electrons. The minimum atomic E-state index is -0.198. The van der Waals surface area contributed by atoms with Crippen molar-refractivity contribution >= 4 is 11.8 Å². The second kappa shape index (κ2) is 5.18. The Kier molecular flexibility index (Phi) is 3.17. The zero-order valence-corrected chi connectivity index (χ0v) is 14.1. The van der Waals surface area contributed by atoms with Crippen molar-refractivity contribution in [2.24, 2.45) is 23.2 Å². The summed E-state index contributed by atoms with van der Waals surface area (Å²) in [7, 11) is 0. The molecule has 4 saturated carbocycles. The number of nitrogens with zero attached hydrogens (tertiary/aromatic N) is 1. The largest absolute Gasteiger partial charge is 0.282 e.